The molecule has 3 aromatic rings. The van der Waals surface area contributed by atoms with Crippen LogP contribution in [0.25, 0.3) is 0 Å². The third kappa shape index (κ3) is 5.26. The minimum absolute atomic E-state index is 0.0958. The van der Waals surface area contributed by atoms with Gasteiger partial charge in [0.2, 0.25) is 5.91 Å². The van der Waals surface area contributed by atoms with Gasteiger partial charge in [0.05, 0.1) is 23.8 Å². The Labute approximate surface area is 240 Å². The summed E-state index contributed by atoms with van der Waals surface area (Å²) in [6, 6.07) is 12.6. The lowest BCUT2D eigenvalue weighted by atomic mass is 9.63. The number of hydrogen-bond donors (Lipinski definition) is 4. The van der Waals surface area contributed by atoms with Crippen LogP contribution in [0, 0.1) is 5.82 Å². The maximum absolute atomic E-state index is 15.0. The maximum Gasteiger partial charge on any atom is 0.237 e. The zero-order valence-electron chi connectivity index (χ0n) is 21.0. The molecule has 6 nitrogen and oxygen atoms in total. The molecule has 2 aliphatic heterocycles. The second kappa shape index (κ2) is 11.6. The zero-order chi connectivity index (χ0) is 27.7. The number of nitrogens with one attached hydrogen (secondary N) is 2. The molecule has 5 atom stereocenters. The van der Waals surface area contributed by atoms with Crippen LogP contribution >= 0.6 is 34.5 Å². The summed E-state index contributed by atoms with van der Waals surface area (Å²) in [5.74, 6) is -1.76. The number of fused-ring (bicyclic) bond motifs is 2. The van der Waals surface area contributed by atoms with Crippen LogP contribution in [0.4, 0.5) is 10.1 Å². The van der Waals surface area contributed by atoms with Crippen LogP contribution in [0.1, 0.15) is 47.6 Å². The highest BCUT2D eigenvalue weighted by Gasteiger charge is 2.65. The van der Waals surface area contributed by atoms with Crippen LogP contribution in [-0.4, -0.2) is 46.7 Å². The van der Waals surface area contributed by atoms with Crippen molar-refractivity contribution in [3.8, 4) is 0 Å². The number of rotatable bonds is 10. The van der Waals surface area contributed by atoms with Crippen LogP contribution in [0.5, 0.6) is 0 Å². The smallest absolute Gasteiger partial charge is 0.237 e. The number of Topliss-reactive ketones (excluding diaryl/α,β-unsaturated/α-hetero) is 1. The van der Waals surface area contributed by atoms with Crippen molar-refractivity contribution in [1.29, 1.82) is 0 Å². The van der Waals surface area contributed by atoms with Gasteiger partial charge in [0, 0.05) is 34.0 Å². The molecule has 10 heteroatoms. The first-order valence-corrected chi connectivity index (χ1v) is 14.6. The lowest BCUT2D eigenvalue weighted by molar-refractivity contribution is -0.122. The van der Waals surface area contributed by atoms with E-state index in [1.54, 1.807) is 29.5 Å². The zero-order valence-corrected chi connectivity index (χ0v) is 23.3. The average molecular weight is 592 g/mol. The van der Waals surface area contributed by atoms with E-state index in [2.05, 4.69) is 10.6 Å². The van der Waals surface area contributed by atoms with E-state index >= 15 is 0 Å². The highest BCUT2D eigenvalue weighted by molar-refractivity contribution is 7.09. The Kier molecular flexibility index (Phi) is 8.42. The number of aryl methyl sites for hydroxylation is 1. The van der Waals surface area contributed by atoms with E-state index in [1.165, 1.54) is 12.1 Å². The molecule has 39 heavy (non-hydrogen) atoms. The van der Waals surface area contributed by atoms with E-state index in [9.17, 15) is 19.1 Å². The van der Waals surface area contributed by atoms with Gasteiger partial charge < -0.3 is 20.8 Å². The molecule has 2 aromatic carbocycles. The van der Waals surface area contributed by atoms with Gasteiger partial charge in [-0.1, -0.05) is 41.4 Å². The minimum atomic E-state index is -1.30. The summed E-state index contributed by atoms with van der Waals surface area (Å²) in [7, 11) is 0. The molecular formula is C29H29Cl2FN2O4S. The number of anilines is 1. The lowest BCUT2D eigenvalue weighted by Crippen LogP contribution is -2.48. The van der Waals surface area contributed by atoms with Gasteiger partial charge in [0.25, 0.3) is 0 Å². The minimum Gasteiger partial charge on any atom is -0.394 e. The van der Waals surface area contributed by atoms with Gasteiger partial charge in [-0.15, -0.1) is 11.3 Å². The molecule has 1 fully saturated rings. The monoisotopic (exact) mass is 590 g/mol. The summed E-state index contributed by atoms with van der Waals surface area (Å²) >= 11 is 14.1. The van der Waals surface area contributed by atoms with Crippen LogP contribution in [-0.2, 0) is 21.4 Å². The Hall–Kier alpha value is -2.33. The van der Waals surface area contributed by atoms with Crippen molar-refractivity contribution in [3.63, 3.8) is 0 Å². The van der Waals surface area contributed by atoms with E-state index < -0.39 is 35.3 Å². The Morgan fingerprint density at radius 2 is 2.00 bits per heavy atom. The van der Waals surface area contributed by atoms with Crippen LogP contribution in [0.15, 0.2) is 53.9 Å². The molecule has 1 spiro atoms. The van der Waals surface area contributed by atoms with Crippen LogP contribution < -0.4 is 10.6 Å². The summed E-state index contributed by atoms with van der Waals surface area (Å²) in [5, 5.41) is 27.7. The number of ketones is 1. The molecule has 1 amide bonds. The number of carbonyl (C=O) groups excluding carboxylic acids is 2. The van der Waals surface area contributed by atoms with Gasteiger partial charge in [0.1, 0.15) is 17.0 Å². The SMILES string of the molecule is O=C(CCC[C@H](O)CO)[C@@H]1N[C@H](CCc2cccs2)[C@]2(C(=O)Nc3cc(Cl)c(F)cc32)[C@H]1c1cccc(Cl)c1. The predicted molar refractivity (Wildman–Crippen MR) is 151 cm³/mol. The molecule has 0 unspecified atom stereocenters. The van der Waals surface area contributed by atoms with Gasteiger partial charge in [-0.2, -0.15) is 0 Å². The normalized spacial score (nSPS) is 24.6. The van der Waals surface area contributed by atoms with Crippen molar-refractivity contribution in [1.82, 2.24) is 5.32 Å². The third-order valence-electron chi connectivity index (χ3n) is 7.87. The van der Waals surface area contributed by atoms with E-state index in [-0.39, 0.29) is 36.2 Å². The van der Waals surface area contributed by atoms with Crippen molar-refractivity contribution >= 4 is 51.9 Å². The predicted octanol–water partition coefficient (Wildman–Crippen LogP) is 5.23. The van der Waals surface area contributed by atoms with Crippen molar-refractivity contribution < 1.29 is 24.2 Å². The Bertz CT molecular complexity index is 1370. The summed E-state index contributed by atoms with van der Waals surface area (Å²) in [5.41, 5.74) is 0.295. The van der Waals surface area contributed by atoms with Crippen molar-refractivity contribution in [3.05, 3.63) is 85.8 Å². The number of aliphatic hydroxyl groups excluding tert-OH is 2. The van der Waals surface area contributed by atoms with Gasteiger partial charge in [-0.3, -0.25) is 9.59 Å². The molecule has 0 bridgehead atoms. The Balaban J connectivity index is 1.62. The molecule has 0 radical (unpaired) electrons. The molecule has 0 aliphatic carbocycles. The number of halogens is 3. The summed E-state index contributed by atoms with van der Waals surface area (Å²) < 4.78 is 15.0. The quantitative estimate of drug-likeness (QED) is 0.259. The molecular weight excluding hydrogens is 562 g/mol. The molecule has 5 rings (SSSR count). The number of amides is 1. The summed E-state index contributed by atoms with van der Waals surface area (Å²) in [6.07, 6.45) is 1.09. The Morgan fingerprint density at radius 1 is 1.18 bits per heavy atom. The Morgan fingerprint density at radius 3 is 2.72 bits per heavy atom. The van der Waals surface area contributed by atoms with Gasteiger partial charge in [-0.25, -0.2) is 4.39 Å². The fourth-order valence-corrected chi connectivity index (χ4v) is 7.25. The maximum atomic E-state index is 15.0. The largest absolute Gasteiger partial charge is 0.394 e. The molecule has 4 N–H and O–H groups in total. The molecule has 1 aromatic heterocycles. The lowest BCUT2D eigenvalue weighted by Gasteiger charge is -2.35. The standard InChI is InChI=1S/C29H29Cl2FN2O4S/c30-17-5-1-4-16(12-17)26-27(24(37)8-2-6-18(36)15-35)34-25(10-9-19-7-3-11-39-19)29(26)20-13-22(32)21(31)14-23(20)33-28(29)38/h1,3-5,7,11-14,18,25-27,34-36H,2,6,8-10,15H2,(H,33,38)/t18-,25+,26-,27-,29-/m0/s1. The van der Waals surface area contributed by atoms with Crippen LogP contribution in [0.2, 0.25) is 10.0 Å². The third-order valence-corrected chi connectivity index (χ3v) is 9.33. The molecule has 0 saturated carbocycles. The van der Waals surface area contributed by atoms with Crippen molar-refractivity contribution in [2.75, 3.05) is 11.9 Å². The number of benzene rings is 2. The van der Waals surface area contributed by atoms with Crippen molar-refractivity contribution in [2.24, 2.45) is 0 Å². The summed E-state index contributed by atoms with van der Waals surface area (Å²) in [4.78, 5) is 29.0. The van der Waals surface area contributed by atoms with E-state index in [4.69, 9.17) is 28.3 Å². The number of aliphatic hydroxyl groups is 2. The molecule has 1 saturated heterocycles. The average Bonchev–Trinajstić information content (AvgIpc) is 3.61. The first kappa shape index (κ1) is 28.2. The van der Waals surface area contributed by atoms with Gasteiger partial charge >= 0.3 is 0 Å². The molecule has 206 valence electrons. The topological polar surface area (TPSA) is 98.7 Å². The van der Waals surface area contributed by atoms with E-state index in [0.29, 0.717) is 41.1 Å². The summed E-state index contributed by atoms with van der Waals surface area (Å²) in [6.45, 7) is -0.375. The second-order valence-corrected chi connectivity index (χ2v) is 12.1. The van der Waals surface area contributed by atoms with Gasteiger partial charge in [0.15, 0.2) is 0 Å². The number of hydrogen-bond acceptors (Lipinski definition) is 6. The molecule has 2 aliphatic rings. The molecule has 3 heterocycles. The first-order chi connectivity index (χ1) is 18.7. The fourth-order valence-electron chi connectivity index (χ4n) is 6.16. The number of carbonyl (C=O) groups is 2. The van der Waals surface area contributed by atoms with E-state index in [0.717, 1.165) is 4.88 Å². The highest BCUT2D eigenvalue weighted by atomic mass is 35.5. The van der Waals surface area contributed by atoms with Crippen LogP contribution in [0.3, 0.4) is 0 Å². The highest BCUT2D eigenvalue weighted by Crippen LogP contribution is 2.56. The first-order valence-electron chi connectivity index (χ1n) is 12.9. The second-order valence-electron chi connectivity index (χ2n) is 10.2. The van der Waals surface area contributed by atoms with Gasteiger partial charge in [-0.05, 0) is 72.5 Å². The number of thiophene rings is 1. The van der Waals surface area contributed by atoms with E-state index in [1.807, 2.05) is 23.6 Å². The fraction of sp³-hybridized carbons (Fsp3) is 0.379. The van der Waals surface area contributed by atoms with Crippen molar-refractivity contribution in [2.45, 2.75) is 61.6 Å².